The Morgan fingerprint density at radius 2 is 1.50 bits per heavy atom. The number of amides is 1. The van der Waals surface area contributed by atoms with Crippen LogP contribution in [0.15, 0.2) is 48.5 Å². The van der Waals surface area contributed by atoms with Crippen LogP contribution < -0.4 is 20.1 Å². The molecule has 1 amide bonds. The molecule has 0 fully saturated rings. The molecule has 0 radical (unpaired) electrons. The number of carbonyl (C=O) groups excluding carboxylic acids is 1. The van der Waals surface area contributed by atoms with Crippen LogP contribution in [0.1, 0.15) is 16.7 Å². The van der Waals surface area contributed by atoms with Gasteiger partial charge in [0.25, 0.3) is 5.91 Å². The summed E-state index contributed by atoms with van der Waals surface area (Å²) in [5.41, 5.74) is 4.30. The summed E-state index contributed by atoms with van der Waals surface area (Å²) in [5.74, 6) is 0.390. The highest BCUT2D eigenvalue weighted by Gasteiger charge is 2.14. The molecule has 3 rings (SSSR count). The Morgan fingerprint density at radius 3 is 2.12 bits per heavy atom. The molecule has 3 aromatic rings. The number of aryl methyl sites for hydroxylation is 2. The van der Waals surface area contributed by atoms with E-state index >= 15 is 0 Å². The van der Waals surface area contributed by atoms with Crippen molar-refractivity contribution in [3.05, 3.63) is 80.3 Å². The average Bonchev–Trinajstić information content (AvgIpc) is 2.76. The van der Waals surface area contributed by atoms with Crippen LogP contribution in [0, 0.1) is 13.8 Å². The molecule has 0 aromatic heterocycles. The van der Waals surface area contributed by atoms with Gasteiger partial charge in [-0.05, 0) is 66.9 Å². The van der Waals surface area contributed by atoms with Gasteiger partial charge in [0, 0.05) is 28.0 Å². The summed E-state index contributed by atoms with van der Waals surface area (Å²) in [6.45, 7) is 4.11. The molecule has 0 saturated heterocycles. The van der Waals surface area contributed by atoms with Gasteiger partial charge in [0.15, 0.2) is 18.1 Å². The first-order valence-corrected chi connectivity index (χ1v) is 11.0. The fraction of sp³-hybridized carbons (Fsp3) is 0.208. The SMILES string of the molecule is COc1cc(CNc2ccc(C)c(Cl)c2)cc(Cl)c1OCC(=O)Nc1ccc(C)c(Cl)c1. The summed E-state index contributed by atoms with van der Waals surface area (Å²) in [6.07, 6.45) is 0. The molecule has 8 heteroatoms. The van der Waals surface area contributed by atoms with Crippen molar-refractivity contribution in [3.8, 4) is 11.5 Å². The molecule has 0 aliphatic carbocycles. The third-order valence-corrected chi connectivity index (χ3v) is 5.86. The molecule has 168 valence electrons. The molecule has 5 nitrogen and oxygen atoms in total. The Labute approximate surface area is 202 Å². The van der Waals surface area contributed by atoms with Crippen molar-refractivity contribution in [3.63, 3.8) is 0 Å². The number of halogens is 3. The summed E-state index contributed by atoms with van der Waals surface area (Å²) in [4.78, 5) is 12.3. The maximum Gasteiger partial charge on any atom is 0.262 e. The first-order valence-electron chi connectivity index (χ1n) is 9.82. The Hall–Kier alpha value is -2.60. The zero-order chi connectivity index (χ0) is 23.3. The fourth-order valence-electron chi connectivity index (χ4n) is 2.93. The number of rotatable bonds is 8. The van der Waals surface area contributed by atoms with Crippen molar-refractivity contribution >= 4 is 52.1 Å². The Morgan fingerprint density at radius 1 is 0.875 bits per heavy atom. The van der Waals surface area contributed by atoms with Gasteiger partial charge in [-0.25, -0.2) is 0 Å². The van der Waals surface area contributed by atoms with Crippen LogP contribution in [0.2, 0.25) is 15.1 Å². The largest absolute Gasteiger partial charge is 0.493 e. The lowest BCUT2D eigenvalue weighted by atomic mass is 10.1. The second-order valence-electron chi connectivity index (χ2n) is 7.23. The van der Waals surface area contributed by atoms with E-state index in [-0.39, 0.29) is 12.5 Å². The molecule has 0 bridgehead atoms. The van der Waals surface area contributed by atoms with E-state index in [4.69, 9.17) is 44.3 Å². The lowest BCUT2D eigenvalue weighted by molar-refractivity contribution is -0.118. The van der Waals surface area contributed by atoms with Crippen molar-refractivity contribution in [1.82, 2.24) is 0 Å². The summed E-state index contributed by atoms with van der Waals surface area (Å²) >= 11 is 18.7. The molecule has 3 aromatic carbocycles. The van der Waals surface area contributed by atoms with E-state index in [1.165, 1.54) is 7.11 Å². The van der Waals surface area contributed by atoms with Gasteiger partial charge in [0.2, 0.25) is 0 Å². The van der Waals surface area contributed by atoms with E-state index in [1.54, 1.807) is 18.2 Å². The minimum Gasteiger partial charge on any atom is -0.493 e. The van der Waals surface area contributed by atoms with Crippen LogP contribution >= 0.6 is 34.8 Å². The maximum atomic E-state index is 12.3. The monoisotopic (exact) mass is 492 g/mol. The van der Waals surface area contributed by atoms with E-state index in [0.29, 0.717) is 38.8 Å². The fourth-order valence-corrected chi connectivity index (χ4v) is 3.58. The van der Waals surface area contributed by atoms with Crippen LogP contribution in [0.5, 0.6) is 11.5 Å². The maximum absolute atomic E-state index is 12.3. The predicted octanol–water partition coefficient (Wildman–Crippen LogP) is 6.90. The average molecular weight is 494 g/mol. The molecule has 0 unspecified atom stereocenters. The highest BCUT2D eigenvalue weighted by atomic mass is 35.5. The molecule has 0 saturated carbocycles. The number of hydrogen-bond acceptors (Lipinski definition) is 4. The molecule has 0 aliphatic heterocycles. The summed E-state index contributed by atoms with van der Waals surface area (Å²) in [6, 6.07) is 14.6. The van der Waals surface area contributed by atoms with Gasteiger partial charge in [-0.2, -0.15) is 0 Å². The van der Waals surface area contributed by atoms with Crippen LogP contribution in [-0.2, 0) is 11.3 Å². The van der Waals surface area contributed by atoms with Crippen molar-refractivity contribution in [1.29, 1.82) is 0 Å². The number of methoxy groups -OCH3 is 1. The van der Waals surface area contributed by atoms with Crippen molar-refractivity contribution < 1.29 is 14.3 Å². The standard InChI is InChI=1S/C24H23Cl3N2O3/c1-14-4-6-17(10-19(14)25)28-12-16-8-21(27)24(22(9-16)31-3)32-13-23(30)29-18-7-5-15(2)20(26)11-18/h4-11,28H,12-13H2,1-3H3,(H,29,30). The number of anilines is 2. The number of carbonyl (C=O) groups is 1. The minimum absolute atomic E-state index is 0.235. The van der Waals surface area contributed by atoms with Gasteiger partial charge in [0.1, 0.15) is 0 Å². The van der Waals surface area contributed by atoms with Crippen molar-refractivity contribution in [2.45, 2.75) is 20.4 Å². The molecular formula is C24H23Cl3N2O3. The van der Waals surface area contributed by atoms with Gasteiger partial charge >= 0.3 is 0 Å². The third-order valence-electron chi connectivity index (χ3n) is 4.76. The molecule has 0 heterocycles. The summed E-state index contributed by atoms with van der Waals surface area (Å²) < 4.78 is 11.1. The number of hydrogen-bond donors (Lipinski definition) is 2. The van der Waals surface area contributed by atoms with E-state index in [1.807, 2.05) is 44.2 Å². The van der Waals surface area contributed by atoms with Gasteiger partial charge in [-0.15, -0.1) is 0 Å². The Bertz CT molecular complexity index is 1140. The van der Waals surface area contributed by atoms with Crippen LogP contribution in [0.25, 0.3) is 0 Å². The minimum atomic E-state index is -0.343. The smallest absolute Gasteiger partial charge is 0.262 e. The molecule has 2 N–H and O–H groups in total. The first kappa shape index (κ1) is 24.1. The topological polar surface area (TPSA) is 59.6 Å². The molecular weight excluding hydrogens is 471 g/mol. The normalized spacial score (nSPS) is 10.6. The van der Waals surface area contributed by atoms with Crippen LogP contribution in [0.4, 0.5) is 11.4 Å². The van der Waals surface area contributed by atoms with Gasteiger partial charge in [-0.3, -0.25) is 4.79 Å². The second kappa shape index (κ2) is 10.8. The zero-order valence-corrected chi connectivity index (χ0v) is 20.2. The highest BCUT2D eigenvalue weighted by Crippen LogP contribution is 2.36. The van der Waals surface area contributed by atoms with Gasteiger partial charge < -0.3 is 20.1 Å². The Kier molecular flexibility index (Phi) is 8.13. The highest BCUT2D eigenvalue weighted by molar-refractivity contribution is 6.32. The molecule has 0 spiro atoms. The van der Waals surface area contributed by atoms with Gasteiger partial charge in [0.05, 0.1) is 12.1 Å². The number of benzene rings is 3. The zero-order valence-electron chi connectivity index (χ0n) is 17.9. The lowest BCUT2D eigenvalue weighted by Crippen LogP contribution is -2.20. The Balaban J connectivity index is 1.64. The molecule has 0 aliphatic rings. The van der Waals surface area contributed by atoms with E-state index < -0.39 is 0 Å². The van der Waals surface area contributed by atoms with E-state index in [9.17, 15) is 4.79 Å². The van der Waals surface area contributed by atoms with Gasteiger partial charge in [-0.1, -0.05) is 46.9 Å². The second-order valence-corrected chi connectivity index (χ2v) is 8.45. The van der Waals surface area contributed by atoms with Crippen LogP contribution in [0.3, 0.4) is 0 Å². The molecule has 0 atom stereocenters. The van der Waals surface area contributed by atoms with E-state index in [0.717, 1.165) is 22.4 Å². The van der Waals surface area contributed by atoms with Crippen molar-refractivity contribution in [2.24, 2.45) is 0 Å². The van der Waals surface area contributed by atoms with Crippen LogP contribution in [-0.4, -0.2) is 19.6 Å². The quantitative estimate of drug-likeness (QED) is 0.358. The van der Waals surface area contributed by atoms with E-state index in [2.05, 4.69) is 10.6 Å². The summed E-state index contributed by atoms with van der Waals surface area (Å²) in [7, 11) is 1.52. The number of nitrogens with one attached hydrogen (secondary N) is 2. The first-order chi connectivity index (χ1) is 15.3. The lowest BCUT2D eigenvalue weighted by Gasteiger charge is -2.15. The molecule has 32 heavy (non-hydrogen) atoms. The predicted molar refractivity (Wildman–Crippen MR) is 132 cm³/mol. The number of ether oxygens (including phenoxy) is 2. The van der Waals surface area contributed by atoms with Crippen molar-refractivity contribution in [2.75, 3.05) is 24.4 Å². The summed E-state index contributed by atoms with van der Waals surface area (Å²) in [5, 5.41) is 7.65. The third kappa shape index (κ3) is 6.22.